The van der Waals surface area contributed by atoms with Crippen molar-refractivity contribution in [1.82, 2.24) is 5.32 Å². The Morgan fingerprint density at radius 2 is 2.33 bits per heavy atom. The Bertz CT molecular complexity index is 170. The van der Waals surface area contributed by atoms with Crippen LogP contribution in [0.25, 0.3) is 0 Å². The second-order valence-corrected chi connectivity index (χ2v) is 2.86. The van der Waals surface area contributed by atoms with Crippen LogP contribution in [-0.2, 0) is 4.74 Å². The maximum Gasteiger partial charge on any atom is 0.407 e. The van der Waals surface area contributed by atoms with Gasteiger partial charge in [0.05, 0.1) is 0 Å². The highest BCUT2D eigenvalue weighted by molar-refractivity contribution is 5.67. The van der Waals surface area contributed by atoms with Gasteiger partial charge in [0.15, 0.2) is 0 Å². The number of nitrogens with one attached hydrogen (secondary N) is 1. The summed E-state index contributed by atoms with van der Waals surface area (Å²) in [5.74, 6) is 2.82. The second kappa shape index (κ2) is 6.53. The highest BCUT2D eigenvalue weighted by Crippen LogP contribution is 1.88. The Labute approximate surface area is 73.5 Å². The first-order chi connectivity index (χ1) is 5.66. The van der Waals surface area contributed by atoms with Crippen molar-refractivity contribution in [3.63, 3.8) is 0 Å². The zero-order valence-corrected chi connectivity index (χ0v) is 7.59. The molecule has 0 heterocycles. The molecule has 0 spiro atoms. The number of rotatable bonds is 4. The molecule has 0 fully saturated rings. The molecule has 0 rings (SSSR count). The molecular formula is C9H15NO2. The van der Waals surface area contributed by atoms with Gasteiger partial charge in [-0.25, -0.2) is 4.79 Å². The minimum absolute atomic E-state index is 0.292. The number of carbonyl (C=O) groups is 1. The molecule has 3 heteroatoms. The van der Waals surface area contributed by atoms with Crippen LogP contribution in [0.3, 0.4) is 0 Å². The predicted molar refractivity (Wildman–Crippen MR) is 47.6 cm³/mol. The van der Waals surface area contributed by atoms with Crippen LogP contribution in [0.1, 0.15) is 20.3 Å². The third kappa shape index (κ3) is 6.94. The summed E-state index contributed by atoms with van der Waals surface area (Å²) in [7, 11) is 0. The molecule has 68 valence electrons. The zero-order valence-electron chi connectivity index (χ0n) is 7.59. The lowest BCUT2D eigenvalue weighted by molar-refractivity contribution is 0.147. The summed E-state index contributed by atoms with van der Waals surface area (Å²) in [5, 5.41) is 2.61. The summed E-state index contributed by atoms with van der Waals surface area (Å²) in [6.07, 6.45) is 5.05. The Hall–Kier alpha value is -1.17. The van der Waals surface area contributed by atoms with E-state index in [0.717, 1.165) is 0 Å². The number of alkyl carbamates (subject to hydrolysis) is 1. The Kier molecular flexibility index (Phi) is 5.90. The van der Waals surface area contributed by atoms with E-state index in [9.17, 15) is 4.79 Å². The van der Waals surface area contributed by atoms with Crippen molar-refractivity contribution < 1.29 is 9.53 Å². The summed E-state index contributed by atoms with van der Waals surface area (Å²) in [5.41, 5.74) is 0. The third-order valence-corrected chi connectivity index (χ3v) is 1.13. The van der Waals surface area contributed by atoms with E-state index >= 15 is 0 Å². The number of terminal acetylenes is 1. The summed E-state index contributed by atoms with van der Waals surface area (Å²) in [4.78, 5) is 10.8. The van der Waals surface area contributed by atoms with Crippen LogP contribution in [0.5, 0.6) is 0 Å². The number of ether oxygens (including phenoxy) is 1. The van der Waals surface area contributed by atoms with Crippen molar-refractivity contribution in [2.24, 2.45) is 5.92 Å². The average Bonchev–Trinajstić information content (AvgIpc) is 2.01. The molecule has 1 amide bonds. The van der Waals surface area contributed by atoms with Gasteiger partial charge in [-0.2, -0.15) is 0 Å². The van der Waals surface area contributed by atoms with Crippen LogP contribution in [-0.4, -0.2) is 19.2 Å². The van der Waals surface area contributed by atoms with Gasteiger partial charge in [0.1, 0.15) is 6.61 Å². The maximum atomic E-state index is 10.8. The molecule has 0 unspecified atom stereocenters. The second-order valence-electron chi connectivity index (χ2n) is 2.86. The first kappa shape index (κ1) is 10.8. The Morgan fingerprint density at radius 3 is 2.83 bits per heavy atom. The van der Waals surface area contributed by atoms with E-state index in [1.54, 1.807) is 0 Å². The average molecular weight is 169 g/mol. The molecule has 0 saturated heterocycles. The quantitative estimate of drug-likeness (QED) is 0.510. The summed E-state index contributed by atoms with van der Waals surface area (Å²) < 4.78 is 4.74. The van der Waals surface area contributed by atoms with E-state index in [1.165, 1.54) is 0 Å². The molecule has 0 aliphatic carbocycles. The van der Waals surface area contributed by atoms with Crippen molar-refractivity contribution in [3.05, 3.63) is 0 Å². The first-order valence-electron chi connectivity index (χ1n) is 4.01. The minimum Gasteiger partial charge on any atom is -0.449 e. The molecule has 0 aromatic heterocycles. The van der Waals surface area contributed by atoms with Crippen molar-refractivity contribution in [2.45, 2.75) is 20.3 Å². The standard InChI is InChI=1S/C9H15NO2/c1-4-5-6-12-9(11)10-7-8(2)3/h1,8H,5-7H2,2-3H3,(H,10,11). The number of hydrogen-bond donors (Lipinski definition) is 1. The Balaban J connectivity index is 3.29. The molecule has 0 saturated carbocycles. The van der Waals surface area contributed by atoms with Gasteiger partial charge in [-0.3, -0.25) is 0 Å². The third-order valence-electron chi connectivity index (χ3n) is 1.13. The molecule has 0 radical (unpaired) electrons. The van der Waals surface area contributed by atoms with Crippen LogP contribution in [0.4, 0.5) is 4.79 Å². The SMILES string of the molecule is C#CCCOC(=O)NCC(C)C. The van der Waals surface area contributed by atoms with Crippen molar-refractivity contribution in [3.8, 4) is 12.3 Å². The van der Waals surface area contributed by atoms with Crippen LogP contribution >= 0.6 is 0 Å². The highest BCUT2D eigenvalue weighted by Gasteiger charge is 2.00. The lowest BCUT2D eigenvalue weighted by Crippen LogP contribution is -2.28. The predicted octanol–water partition coefficient (Wildman–Crippen LogP) is 1.39. The fourth-order valence-corrected chi connectivity index (χ4v) is 0.541. The maximum absolute atomic E-state index is 10.8. The lowest BCUT2D eigenvalue weighted by atomic mass is 10.2. The van der Waals surface area contributed by atoms with Gasteiger partial charge in [-0.05, 0) is 5.92 Å². The smallest absolute Gasteiger partial charge is 0.407 e. The van der Waals surface area contributed by atoms with E-state index < -0.39 is 0 Å². The number of carbonyl (C=O) groups excluding carboxylic acids is 1. The van der Waals surface area contributed by atoms with Gasteiger partial charge in [0.25, 0.3) is 0 Å². The fraction of sp³-hybridized carbons (Fsp3) is 0.667. The molecule has 0 atom stereocenters. The lowest BCUT2D eigenvalue weighted by Gasteiger charge is -2.07. The van der Waals surface area contributed by atoms with Crippen molar-refractivity contribution >= 4 is 6.09 Å². The summed E-state index contributed by atoms with van der Waals surface area (Å²) in [6, 6.07) is 0. The summed E-state index contributed by atoms with van der Waals surface area (Å²) in [6.45, 7) is 4.96. The first-order valence-corrected chi connectivity index (χ1v) is 4.01. The van der Waals surface area contributed by atoms with Gasteiger partial charge in [-0.15, -0.1) is 12.3 Å². The molecule has 3 nitrogen and oxygen atoms in total. The number of hydrogen-bond acceptors (Lipinski definition) is 2. The Morgan fingerprint density at radius 1 is 1.67 bits per heavy atom. The van der Waals surface area contributed by atoms with E-state index in [4.69, 9.17) is 11.2 Å². The fourth-order valence-electron chi connectivity index (χ4n) is 0.541. The van der Waals surface area contributed by atoms with Gasteiger partial charge in [-0.1, -0.05) is 13.8 Å². The number of amides is 1. The molecular weight excluding hydrogens is 154 g/mol. The molecule has 1 N–H and O–H groups in total. The minimum atomic E-state index is -0.390. The van der Waals surface area contributed by atoms with E-state index in [0.29, 0.717) is 25.5 Å². The van der Waals surface area contributed by atoms with E-state index in [-0.39, 0.29) is 6.09 Å². The largest absolute Gasteiger partial charge is 0.449 e. The monoisotopic (exact) mass is 169 g/mol. The molecule has 0 bridgehead atoms. The van der Waals surface area contributed by atoms with Gasteiger partial charge >= 0.3 is 6.09 Å². The van der Waals surface area contributed by atoms with Gasteiger partial charge < -0.3 is 10.1 Å². The van der Waals surface area contributed by atoms with Gasteiger partial charge in [0, 0.05) is 13.0 Å². The van der Waals surface area contributed by atoms with Crippen LogP contribution in [0, 0.1) is 18.3 Å². The van der Waals surface area contributed by atoms with E-state index in [2.05, 4.69) is 11.2 Å². The van der Waals surface area contributed by atoms with Crippen LogP contribution in [0.15, 0.2) is 0 Å². The highest BCUT2D eigenvalue weighted by atomic mass is 16.5. The molecule has 0 aliphatic heterocycles. The van der Waals surface area contributed by atoms with Gasteiger partial charge in [0.2, 0.25) is 0 Å². The van der Waals surface area contributed by atoms with Crippen molar-refractivity contribution in [2.75, 3.05) is 13.2 Å². The van der Waals surface area contributed by atoms with Crippen molar-refractivity contribution in [1.29, 1.82) is 0 Å². The normalized spacial score (nSPS) is 9.17. The molecule has 0 aromatic rings. The topological polar surface area (TPSA) is 38.3 Å². The van der Waals surface area contributed by atoms with Crippen LogP contribution in [0.2, 0.25) is 0 Å². The molecule has 12 heavy (non-hydrogen) atoms. The zero-order chi connectivity index (χ0) is 9.40. The summed E-state index contributed by atoms with van der Waals surface area (Å²) >= 11 is 0. The van der Waals surface area contributed by atoms with E-state index in [1.807, 2.05) is 13.8 Å². The molecule has 0 aliphatic rings. The molecule has 0 aromatic carbocycles. The van der Waals surface area contributed by atoms with Crippen LogP contribution < -0.4 is 5.32 Å².